The number of nitrogens with one attached hydrogen (secondary N) is 2. The van der Waals surface area contributed by atoms with Crippen LogP contribution in [0, 0.1) is 6.92 Å². The van der Waals surface area contributed by atoms with Crippen LogP contribution >= 0.6 is 0 Å². The molecule has 4 N–H and O–H groups in total. The third-order valence-corrected chi connectivity index (χ3v) is 2.02. The number of hydrogen-bond donors (Lipinski definition) is 3. The highest BCUT2D eigenvalue weighted by molar-refractivity contribution is 5.82. The van der Waals surface area contributed by atoms with Crippen molar-refractivity contribution in [3.05, 3.63) is 23.8 Å². The van der Waals surface area contributed by atoms with E-state index in [1.807, 2.05) is 32.0 Å². The Hall–Kier alpha value is -1.71. The number of hydrogen-bond acceptors (Lipinski definition) is 3. The summed E-state index contributed by atoms with van der Waals surface area (Å²) in [5.74, 6) is -0.0293. The Kier molecular flexibility index (Phi) is 3.97. The van der Waals surface area contributed by atoms with Gasteiger partial charge < -0.3 is 16.4 Å². The molecular weight excluding hydrogens is 190 g/mol. The molecule has 1 aromatic rings. The normalized spacial score (nSPS) is 9.73. The number of rotatable bonds is 4. The smallest absolute Gasteiger partial charge is 0.239 e. The van der Waals surface area contributed by atoms with Crippen LogP contribution < -0.4 is 16.4 Å². The zero-order valence-electron chi connectivity index (χ0n) is 9.13. The molecule has 0 unspecified atom stereocenters. The number of anilines is 2. The van der Waals surface area contributed by atoms with Crippen molar-refractivity contribution in [3.63, 3.8) is 0 Å². The van der Waals surface area contributed by atoms with E-state index in [4.69, 9.17) is 5.73 Å². The maximum Gasteiger partial charge on any atom is 0.239 e. The van der Waals surface area contributed by atoms with Crippen molar-refractivity contribution in [2.24, 2.45) is 0 Å². The topological polar surface area (TPSA) is 67.2 Å². The number of benzene rings is 1. The van der Waals surface area contributed by atoms with E-state index in [1.165, 1.54) is 0 Å². The van der Waals surface area contributed by atoms with Crippen LogP contribution in [0.5, 0.6) is 0 Å². The third-order valence-electron chi connectivity index (χ3n) is 2.02. The minimum Gasteiger partial charge on any atom is -0.397 e. The van der Waals surface area contributed by atoms with E-state index in [0.29, 0.717) is 12.2 Å². The lowest BCUT2D eigenvalue weighted by Crippen LogP contribution is -2.29. The van der Waals surface area contributed by atoms with E-state index in [-0.39, 0.29) is 12.5 Å². The molecule has 82 valence electrons. The van der Waals surface area contributed by atoms with Crippen molar-refractivity contribution in [1.29, 1.82) is 0 Å². The molecule has 0 bridgehead atoms. The zero-order chi connectivity index (χ0) is 11.3. The van der Waals surface area contributed by atoms with Crippen LogP contribution in [0.4, 0.5) is 11.4 Å². The van der Waals surface area contributed by atoms with Crippen molar-refractivity contribution >= 4 is 17.3 Å². The molecule has 0 saturated heterocycles. The SMILES string of the molecule is CCNC(=O)CNc1cc(C)ccc1N. The molecule has 1 aromatic carbocycles. The Morgan fingerprint density at radius 1 is 1.47 bits per heavy atom. The molecule has 0 heterocycles. The largest absolute Gasteiger partial charge is 0.397 e. The summed E-state index contributed by atoms with van der Waals surface area (Å²) in [6, 6.07) is 5.69. The number of amides is 1. The van der Waals surface area contributed by atoms with Gasteiger partial charge in [0.15, 0.2) is 0 Å². The summed E-state index contributed by atoms with van der Waals surface area (Å²) in [5, 5.41) is 5.71. The van der Waals surface area contributed by atoms with E-state index in [9.17, 15) is 4.79 Å². The van der Waals surface area contributed by atoms with Crippen molar-refractivity contribution in [2.75, 3.05) is 24.1 Å². The summed E-state index contributed by atoms with van der Waals surface area (Å²) in [7, 11) is 0. The summed E-state index contributed by atoms with van der Waals surface area (Å²) in [4.78, 5) is 11.2. The second-order valence-electron chi connectivity index (χ2n) is 3.40. The summed E-state index contributed by atoms with van der Waals surface area (Å²) >= 11 is 0. The van der Waals surface area contributed by atoms with Gasteiger partial charge in [-0.3, -0.25) is 4.79 Å². The van der Waals surface area contributed by atoms with Gasteiger partial charge in [0.25, 0.3) is 0 Å². The van der Waals surface area contributed by atoms with Crippen LogP contribution in [-0.2, 0) is 4.79 Å². The Morgan fingerprint density at radius 2 is 2.20 bits per heavy atom. The van der Waals surface area contributed by atoms with Gasteiger partial charge in [0, 0.05) is 6.54 Å². The first-order valence-electron chi connectivity index (χ1n) is 5.00. The number of nitrogens with two attached hydrogens (primary N) is 1. The molecule has 0 radical (unpaired) electrons. The lowest BCUT2D eigenvalue weighted by atomic mass is 10.2. The Morgan fingerprint density at radius 3 is 2.87 bits per heavy atom. The molecule has 0 aliphatic rings. The highest BCUT2D eigenvalue weighted by Crippen LogP contribution is 2.18. The third kappa shape index (κ3) is 3.50. The number of aryl methyl sites for hydroxylation is 1. The van der Waals surface area contributed by atoms with Crippen molar-refractivity contribution in [1.82, 2.24) is 5.32 Å². The predicted molar refractivity (Wildman–Crippen MR) is 62.8 cm³/mol. The highest BCUT2D eigenvalue weighted by Gasteiger charge is 2.02. The monoisotopic (exact) mass is 207 g/mol. The van der Waals surface area contributed by atoms with Gasteiger partial charge in [0.2, 0.25) is 5.91 Å². The predicted octanol–water partition coefficient (Wildman–Crippen LogP) is 1.13. The summed E-state index contributed by atoms with van der Waals surface area (Å²) in [6.45, 7) is 4.76. The van der Waals surface area contributed by atoms with Gasteiger partial charge in [-0.15, -0.1) is 0 Å². The van der Waals surface area contributed by atoms with Crippen LogP contribution in [-0.4, -0.2) is 19.0 Å². The van der Waals surface area contributed by atoms with E-state index in [0.717, 1.165) is 11.3 Å². The number of likely N-dealkylation sites (N-methyl/N-ethyl adjacent to an activating group) is 1. The highest BCUT2D eigenvalue weighted by atomic mass is 16.1. The molecule has 0 atom stereocenters. The van der Waals surface area contributed by atoms with E-state index < -0.39 is 0 Å². The molecule has 0 fully saturated rings. The van der Waals surface area contributed by atoms with Crippen LogP contribution in [0.1, 0.15) is 12.5 Å². The number of nitrogen functional groups attached to an aromatic ring is 1. The second kappa shape index (κ2) is 5.24. The van der Waals surface area contributed by atoms with Gasteiger partial charge in [0.1, 0.15) is 0 Å². The van der Waals surface area contributed by atoms with Crippen LogP contribution in [0.25, 0.3) is 0 Å². The minimum atomic E-state index is -0.0293. The van der Waals surface area contributed by atoms with Gasteiger partial charge in [-0.2, -0.15) is 0 Å². The fourth-order valence-electron chi connectivity index (χ4n) is 1.26. The van der Waals surface area contributed by atoms with Crippen molar-refractivity contribution < 1.29 is 4.79 Å². The van der Waals surface area contributed by atoms with Gasteiger partial charge in [-0.25, -0.2) is 0 Å². The van der Waals surface area contributed by atoms with Crippen molar-refractivity contribution in [2.45, 2.75) is 13.8 Å². The molecule has 0 aliphatic heterocycles. The first-order chi connectivity index (χ1) is 7.13. The molecule has 1 amide bonds. The van der Waals surface area contributed by atoms with E-state index in [1.54, 1.807) is 0 Å². The fourth-order valence-corrected chi connectivity index (χ4v) is 1.26. The molecule has 0 aliphatic carbocycles. The van der Waals surface area contributed by atoms with Crippen molar-refractivity contribution in [3.8, 4) is 0 Å². The van der Waals surface area contributed by atoms with Gasteiger partial charge in [-0.1, -0.05) is 6.07 Å². The van der Waals surface area contributed by atoms with Gasteiger partial charge in [-0.05, 0) is 31.5 Å². The Bertz CT molecular complexity index is 350. The first-order valence-corrected chi connectivity index (χ1v) is 5.00. The standard InChI is InChI=1S/C11H17N3O/c1-3-13-11(15)7-14-10-6-8(2)4-5-9(10)12/h4-6,14H,3,7,12H2,1-2H3,(H,13,15). The zero-order valence-corrected chi connectivity index (χ0v) is 9.13. The lowest BCUT2D eigenvalue weighted by Gasteiger charge is -2.09. The minimum absolute atomic E-state index is 0.0293. The fraction of sp³-hybridized carbons (Fsp3) is 0.364. The van der Waals surface area contributed by atoms with Gasteiger partial charge >= 0.3 is 0 Å². The Balaban J connectivity index is 2.57. The molecular formula is C11H17N3O. The van der Waals surface area contributed by atoms with Crippen LogP contribution in [0.15, 0.2) is 18.2 Å². The summed E-state index contributed by atoms with van der Waals surface area (Å²) in [5.41, 5.74) is 8.33. The first kappa shape index (κ1) is 11.4. The molecule has 0 spiro atoms. The molecule has 0 aromatic heterocycles. The number of carbonyl (C=O) groups is 1. The average Bonchev–Trinajstić information content (AvgIpc) is 2.20. The summed E-state index contributed by atoms with van der Waals surface area (Å²) < 4.78 is 0. The lowest BCUT2D eigenvalue weighted by molar-refractivity contribution is -0.119. The van der Waals surface area contributed by atoms with E-state index in [2.05, 4.69) is 10.6 Å². The molecule has 15 heavy (non-hydrogen) atoms. The number of carbonyl (C=O) groups excluding carboxylic acids is 1. The quantitative estimate of drug-likeness (QED) is 0.648. The van der Waals surface area contributed by atoms with E-state index >= 15 is 0 Å². The Labute approximate surface area is 89.9 Å². The van der Waals surface area contributed by atoms with Crippen LogP contribution in [0.3, 0.4) is 0 Å². The maximum atomic E-state index is 11.2. The molecule has 4 heteroatoms. The molecule has 4 nitrogen and oxygen atoms in total. The summed E-state index contributed by atoms with van der Waals surface area (Å²) in [6.07, 6.45) is 0. The second-order valence-corrected chi connectivity index (χ2v) is 3.40. The average molecular weight is 207 g/mol. The van der Waals surface area contributed by atoms with Crippen LogP contribution in [0.2, 0.25) is 0 Å². The molecule has 1 rings (SSSR count). The van der Waals surface area contributed by atoms with Gasteiger partial charge in [0.05, 0.1) is 17.9 Å². The molecule has 0 saturated carbocycles. The maximum absolute atomic E-state index is 11.2.